The van der Waals surface area contributed by atoms with E-state index in [1.54, 1.807) is 0 Å². The van der Waals surface area contributed by atoms with Crippen LogP contribution in [-0.4, -0.2) is 17.5 Å². The number of aromatic amines is 1. The highest BCUT2D eigenvalue weighted by Crippen LogP contribution is 2.22. The fourth-order valence-electron chi connectivity index (χ4n) is 1.95. The third-order valence-electron chi connectivity index (χ3n) is 2.67. The van der Waals surface area contributed by atoms with Gasteiger partial charge in [-0.2, -0.15) is 0 Å². The summed E-state index contributed by atoms with van der Waals surface area (Å²) in [6.07, 6.45) is 2.88. The van der Waals surface area contributed by atoms with Crippen molar-refractivity contribution in [1.82, 2.24) is 4.98 Å². The molecular weight excluding hydrogens is 200 g/mol. The number of benzene rings is 1. The maximum absolute atomic E-state index is 5.29. The molecule has 2 aromatic rings. The predicted molar refractivity (Wildman–Crippen MR) is 67.4 cm³/mol. The first-order chi connectivity index (χ1) is 7.68. The van der Waals surface area contributed by atoms with Crippen molar-refractivity contribution >= 4 is 16.9 Å². The molecular formula is C12H16N4. The number of nitrogens with two attached hydrogens (primary N) is 2. The minimum Gasteiger partial charge on any atom is -0.370 e. The van der Waals surface area contributed by atoms with E-state index in [4.69, 9.17) is 11.5 Å². The third-order valence-corrected chi connectivity index (χ3v) is 2.67. The van der Waals surface area contributed by atoms with Gasteiger partial charge in [0, 0.05) is 23.6 Å². The normalized spacial score (nSPS) is 10.6. The van der Waals surface area contributed by atoms with Crippen LogP contribution in [-0.2, 0) is 6.42 Å². The lowest BCUT2D eigenvalue weighted by atomic mass is 10.1. The molecule has 1 aromatic carbocycles. The molecule has 2 rings (SSSR count). The largest absolute Gasteiger partial charge is 0.370 e. The van der Waals surface area contributed by atoms with E-state index in [9.17, 15) is 0 Å². The van der Waals surface area contributed by atoms with Crippen molar-refractivity contribution in [2.24, 2.45) is 16.5 Å². The maximum Gasteiger partial charge on any atom is 0.185 e. The van der Waals surface area contributed by atoms with Crippen LogP contribution in [0.2, 0.25) is 0 Å². The SMILES string of the molecule is Cc1cccc2[nH]cc(CCN=C(N)N)c12. The Morgan fingerprint density at radius 1 is 1.38 bits per heavy atom. The average Bonchev–Trinajstić information content (AvgIpc) is 2.62. The maximum atomic E-state index is 5.29. The highest BCUT2D eigenvalue weighted by Gasteiger charge is 2.04. The van der Waals surface area contributed by atoms with Gasteiger partial charge in [-0.05, 0) is 30.5 Å². The van der Waals surface area contributed by atoms with Gasteiger partial charge in [0.15, 0.2) is 5.96 Å². The molecule has 0 unspecified atom stereocenters. The fraction of sp³-hybridized carbons (Fsp3) is 0.250. The van der Waals surface area contributed by atoms with Crippen LogP contribution in [0.5, 0.6) is 0 Å². The van der Waals surface area contributed by atoms with E-state index < -0.39 is 0 Å². The van der Waals surface area contributed by atoms with Crippen LogP contribution in [0.1, 0.15) is 11.1 Å². The number of aliphatic imine (C=N–C) groups is 1. The van der Waals surface area contributed by atoms with Gasteiger partial charge in [-0.15, -0.1) is 0 Å². The lowest BCUT2D eigenvalue weighted by Gasteiger charge is -2.00. The van der Waals surface area contributed by atoms with Crippen molar-refractivity contribution in [3.8, 4) is 0 Å². The van der Waals surface area contributed by atoms with Crippen LogP contribution < -0.4 is 11.5 Å². The molecule has 1 aromatic heterocycles. The molecule has 0 fully saturated rings. The standard InChI is InChI=1S/C12H16N4/c1-8-3-2-4-10-11(8)9(7-16-10)5-6-15-12(13)14/h2-4,7,16H,5-6H2,1H3,(H4,13,14,15). The molecule has 16 heavy (non-hydrogen) atoms. The number of nitrogens with one attached hydrogen (secondary N) is 1. The predicted octanol–water partition coefficient (Wildman–Crippen LogP) is 1.29. The Morgan fingerprint density at radius 3 is 2.94 bits per heavy atom. The number of fused-ring (bicyclic) bond motifs is 1. The number of rotatable bonds is 3. The van der Waals surface area contributed by atoms with E-state index in [-0.39, 0.29) is 5.96 Å². The number of hydrogen-bond donors (Lipinski definition) is 3. The first kappa shape index (κ1) is 10.5. The van der Waals surface area contributed by atoms with Crippen molar-refractivity contribution in [3.05, 3.63) is 35.5 Å². The summed E-state index contributed by atoms with van der Waals surface area (Å²) >= 11 is 0. The first-order valence-corrected chi connectivity index (χ1v) is 5.29. The molecule has 0 aliphatic rings. The van der Waals surface area contributed by atoms with Crippen molar-refractivity contribution in [1.29, 1.82) is 0 Å². The van der Waals surface area contributed by atoms with Crippen molar-refractivity contribution in [2.75, 3.05) is 6.54 Å². The molecule has 0 atom stereocenters. The molecule has 0 amide bonds. The second-order valence-corrected chi connectivity index (χ2v) is 3.87. The molecule has 0 aliphatic heterocycles. The zero-order valence-electron chi connectivity index (χ0n) is 9.33. The number of H-pyrrole nitrogens is 1. The van der Waals surface area contributed by atoms with Crippen molar-refractivity contribution in [2.45, 2.75) is 13.3 Å². The Bertz CT molecular complexity index is 521. The number of hydrogen-bond acceptors (Lipinski definition) is 1. The van der Waals surface area contributed by atoms with Gasteiger partial charge in [-0.3, -0.25) is 4.99 Å². The minimum atomic E-state index is 0.150. The van der Waals surface area contributed by atoms with Gasteiger partial charge in [0.05, 0.1) is 0 Å². The van der Waals surface area contributed by atoms with E-state index >= 15 is 0 Å². The first-order valence-electron chi connectivity index (χ1n) is 5.29. The summed E-state index contributed by atoms with van der Waals surface area (Å²) in [5.41, 5.74) is 14.3. The Hall–Kier alpha value is -1.97. The van der Waals surface area contributed by atoms with Crippen molar-refractivity contribution < 1.29 is 0 Å². The molecule has 0 saturated heterocycles. The van der Waals surface area contributed by atoms with E-state index in [1.807, 2.05) is 12.3 Å². The summed E-state index contributed by atoms with van der Waals surface area (Å²) in [6, 6.07) is 6.24. The van der Waals surface area contributed by atoms with Gasteiger partial charge in [-0.25, -0.2) is 0 Å². The molecule has 84 valence electrons. The summed E-state index contributed by atoms with van der Waals surface area (Å²) in [6.45, 7) is 2.74. The van der Waals surface area contributed by atoms with Gasteiger partial charge in [0.1, 0.15) is 0 Å². The van der Waals surface area contributed by atoms with Gasteiger partial charge in [-0.1, -0.05) is 12.1 Å². The smallest absolute Gasteiger partial charge is 0.185 e. The molecule has 0 spiro atoms. The zero-order chi connectivity index (χ0) is 11.5. The Labute approximate surface area is 94.4 Å². The summed E-state index contributed by atoms with van der Waals surface area (Å²) in [5, 5.41) is 1.29. The van der Waals surface area contributed by atoms with Crippen LogP contribution >= 0.6 is 0 Å². The molecule has 1 heterocycles. The van der Waals surface area contributed by atoms with Crippen LogP contribution in [0.25, 0.3) is 10.9 Å². The Morgan fingerprint density at radius 2 is 2.19 bits per heavy atom. The second kappa shape index (κ2) is 4.26. The molecule has 4 nitrogen and oxygen atoms in total. The number of aromatic nitrogens is 1. The number of nitrogens with zero attached hydrogens (tertiary/aromatic N) is 1. The van der Waals surface area contributed by atoms with Crippen LogP contribution in [0.3, 0.4) is 0 Å². The van der Waals surface area contributed by atoms with Gasteiger partial charge >= 0.3 is 0 Å². The number of aryl methyl sites for hydroxylation is 1. The minimum absolute atomic E-state index is 0.150. The number of guanidine groups is 1. The average molecular weight is 216 g/mol. The molecule has 0 radical (unpaired) electrons. The summed E-state index contributed by atoms with van der Waals surface area (Å²) in [7, 11) is 0. The Kier molecular flexibility index (Phi) is 2.81. The van der Waals surface area contributed by atoms with E-state index in [0.29, 0.717) is 6.54 Å². The fourth-order valence-corrected chi connectivity index (χ4v) is 1.95. The summed E-state index contributed by atoms with van der Waals surface area (Å²) < 4.78 is 0. The van der Waals surface area contributed by atoms with Crippen LogP contribution in [0.4, 0.5) is 0 Å². The second-order valence-electron chi connectivity index (χ2n) is 3.87. The quantitative estimate of drug-likeness (QED) is 0.534. The van der Waals surface area contributed by atoms with Gasteiger partial charge in [0.25, 0.3) is 0 Å². The third kappa shape index (κ3) is 2.00. The van der Waals surface area contributed by atoms with E-state index in [0.717, 1.165) is 6.42 Å². The molecule has 0 aliphatic carbocycles. The van der Waals surface area contributed by atoms with Crippen molar-refractivity contribution in [3.63, 3.8) is 0 Å². The lowest BCUT2D eigenvalue weighted by Crippen LogP contribution is -2.23. The van der Waals surface area contributed by atoms with Gasteiger partial charge < -0.3 is 16.5 Å². The monoisotopic (exact) mass is 216 g/mol. The highest BCUT2D eigenvalue weighted by molar-refractivity contribution is 5.86. The van der Waals surface area contributed by atoms with Crippen LogP contribution in [0, 0.1) is 6.92 Å². The molecule has 0 bridgehead atoms. The zero-order valence-corrected chi connectivity index (χ0v) is 9.33. The molecule has 0 saturated carbocycles. The van der Waals surface area contributed by atoms with E-state index in [1.165, 1.54) is 22.0 Å². The molecule has 5 N–H and O–H groups in total. The van der Waals surface area contributed by atoms with Crippen LogP contribution in [0.15, 0.2) is 29.4 Å². The molecule has 4 heteroatoms. The van der Waals surface area contributed by atoms with E-state index in [2.05, 4.69) is 29.0 Å². The topological polar surface area (TPSA) is 80.2 Å². The summed E-state index contributed by atoms with van der Waals surface area (Å²) in [5.74, 6) is 0.150. The lowest BCUT2D eigenvalue weighted by molar-refractivity contribution is 0.969. The Balaban J connectivity index is 2.28. The summed E-state index contributed by atoms with van der Waals surface area (Å²) in [4.78, 5) is 7.25. The highest BCUT2D eigenvalue weighted by atomic mass is 15.0. The van der Waals surface area contributed by atoms with Gasteiger partial charge in [0.2, 0.25) is 0 Å².